The minimum absolute atomic E-state index is 0.775. The van der Waals surface area contributed by atoms with Crippen molar-refractivity contribution in [3.63, 3.8) is 0 Å². The predicted octanol–water partition coefficient (Wildman–Crippen LogP) is 2.98. The molecule has 96 valence electrons. The van der Waals surface area contributed by atoms with Crippen molar-refractivity contribution in [1.29, 1.82) is 0 Å². The summed E-state index contributed by atoms with van der Waals surface area (Å²) in [4.78, 5) is 4.99. The molecule has 2 saturated heterocycles. The van der Waals surface area contributed by atoms with Crippen LogP contribution in [0.3, 0.4) is 0 Å². The lowest BCUT2D eigenvalue weighted by molar-refractivity contribution is 0.276. The standard InChI is InChI=1S/2C7H15N/c1-7(2)8-5-3-4-6-8;1-3-7-5-4-6-8(7)2/h2*7H,3-6H2,1-2H3. The largest absolute Gasteiger partial charge is 0.303 e. The summed E-state index contributed by atoms with van der Waals surface area (Å²) < 4.78 is 0. The molecular weight excluding hydrogens is 196 g/mol. The average Bonchev–Trinajstić information content (AvgIpc) is 2.88. The van der Waals surface area contributed by atoms with E-state index in [1.165, 1.54) is 51.7 Å². The first-order chi connectivity index (χ1) is 7.65. The lowest BCUT2D eigenvalue weighted by Crippen LogP contribution is -2.26. The Hall–Kier alpha value is -0.0800. The fourth-order valence-corrected chi connectivity index (χ4v) is 2.75. The molecule has 2 aliphatic heterocycles. The summed E-state index contributed by atoms with van der Waals surface area (Å²) in [6.07, 6.45) is 6.99. The minimum Gasteiger partial charge on any atom is -0.303 e. The van der Waals surface area contributed by atoms with E-state index >= 15 is 0 Å². The van der Waals surface area contributed by atoms with Crippen LogP contribution in [0.15, 0.2) is 0 Å². The first-order valence-electron chi connectivity index (χ1n) is 7.09. The molecule has 0 aromatic carbocycles. The molecule has 0 bridgehead atoms. The summed E-state index contributed by atoms with van der Waals surface area (Å²) in [5.74, 6) is 0. The van der Waals surface area contributed by atoms with Crippen molar-refractivity contribution >= 4 is 0 Å². The molecule has 0 aromatic heterocycles. The zero-order valence-electron chi connectivity index (χ0n) is 11.7. The van der Waals surface area contributed by atoms with E-state index in [9.17, 15) is 0 Å². The maximum absolute atomic E-state index is 2.53. The van der Waals surface area contributed by atoms with Crippen molar-refractivity contribution in [3.05, 3.63) is 0 Å². The van der Waals surface area contributed by atoms with Gasteiger partial charge in [-0.05, 0) is 72.6 Å². The van der Waals surface area contributed by atoms with Crippen molar-refractivity contribution in [3.8, 4) is 0 Å². The number of hydrogen-bond acceptors (Lipinski definition) is 2. The Labute approximate surface area is 102 Å². The van der Waals surface area contributed by atoms with E-state index in [1.54, 1.807) is 0 Å². The maximum Gasteiger partial charge on any atom is 0.00900 e. The van der Waals surface area contributed by atoms with Crippen LogP contribution in [-0.4, -0.2) is 48.6 Å². The summed E-state index contributed by atoms with van der Waals surface area (Å²) in [7, 11) is 2.22. The number of nitrogens with zero attached hydrogens (tertiary/aromatic N) is 2. The van der Waals surface area contributed by atoms with E-state index in [0.29, 0.717) is 0 Å². The van der Waals surface area contributed by atoms with Gasteiger partial charge in [0.05, 0.1) is 0 Å². The van der Waals surface area contributed by atoms with Gasteiger partial charge in [-0.1, -0.05) is 6.92 Å². The topological polar surface area (TPSA) is 6.48 Å². The summed E-state index contributed by atoms with van der Waals surface area (Å²) in [6, 6.07) is 1.67. The molecule has 2 aliphatic rings. The van der Waals surface area contributed by atoms with Crippen molar-refractivity contribution in [1.82, 2.24) is 9.80 Å². The van der Waals surface area contributed by atoms with Gasteiger partial charge in [-0.3, -0.25) is 0 Å². The molecule has 1 atom stereocenters. The van der Waals surface area contributed by atoms with E-state index in [1.807, 2.05) is 0 Å². The minimum atomic E-state index is 0.775. The second-order valence-electron chi connectivity index (χ2n) is 5.52. The number of rotatable bonds is 2. The highest BCUT2D eigenvalue weighted by molar-refractivity contribution is 4.73. The van der Waals surface area contributed by atoms with Crippen LogP contribution in [0.2, 0.25) is 0 Å². The zero-order chi connectivity index (χ0) is 12.0. The van der Waals surface area contributed by atoms with Crippen LogP contribution in [-0.2, 0) is 0 Å². The third-order valence-electron chi connectivity index (χ3n) is 4.01. The van der Waals surface area contributed by atoms with Gasteiger partial charge in [-0.25, -0.2) is 0 Å². The first-order valence-corrected chi connectivity index (χ1v) is 7.09. The van der Waals surface area contributed by atoms with Gasteiger partial charge in [0.15, 0.2) is 0 Å². The van der Waals surface area contributed by atoms with Gasteiger partial charge in [0.2, 0.25) is 0 Å². The molecule has 0 amide bonds. The Kier molecular flexibility index (Phi) is 6.37. The summed E-state index contributed by atoms with van der Waals surface area (Å²) in [5.41, 5.74) is 0. The van der Waals surface area contributed by atoms with Gasteiger partial charge >= 0.3 is 0 Å². The molecule has 2 fully saturated rings. The monoisotopic (exact) mass is 226 g/mol. The van der Waals surface area contributed by atoms with E-state index < -0.39 is 0 Å². The van der Waals surface area contributed by atoms with Crippen LogP contribution in [0.4, 0.5) is 0 Å². The molecule has 16 heavy (non-hydrogen) atoms. The van der Waals surface area contributed by atoms with E-state index in [2.05, 4.69) is 37.6 Å². The first kappa shape index (κ1) is 14.0. The maximum atomic E-state index is 2.53. The quantitative estimate of drug-likeness (QED) is 0.714. The zero-order valence-corrected chi connectivity index (χ0v) is 11.7. The van der Waals surface area contributed by atoms with Crippen LogP contribution < -0.4 is 0 Å². The molecule has 2 heteroatoms. The van der Waals surface area contributed by atoms with E-state index in [0.717, 1.165) is 12.1 Å². The van der Waals surface area contributed by atoms with Crippen LogP contribution in [0, 0.1) is 0 Å². The summed E-state index contributed by atoms with van der Waals surface area (Å²) in [6.45, 7) is 10.8. The van der Waals surface area contributed by atoms with E-state index in [-0.39, 0.29) is 0 Å². The molecule has 0 radical (unpaired) electrons. The molecule has 1 unspecified atom stereocenters. The Balaban J connectivity index is 0.000000160. The fraction of sp³-hybridized carbons (Fsp3) is 1.00. The Morgan fingerprint density at radius 3 is 1.94 bits per heavy atom. The molecule has 0 aliphatic carbocycles. The predicted molar refractivity (Wildman–Crippen MR) is 71.9 cm³/mol. The highest BCUT2D eigenvalue weighted by Crippen LogP contribution is 2.16. The summed E-state index contributed by atoms with van der Waals surface area (Å²) >= 11 is 0. The molecular formula is C14H30N2. The smallest absolute Gasteiger partial charge is 0.00900 e. The molecule has 0 spiro atoms. The van der Waals surface area contributed by atoms with Crippen LogP contribution in [0.25, 0.3) is 0 Å². The molecule has 0 N–H and O–H groups in total. The molecule has 2 rings (SSSR count). The van der Waals surface area contributed by atoms with Crippen LogP contribution in [0.5, 0.6) is 0 Å². The third kappa shape index (κ3) is 4.42. The molecule has 2 nitrogen and oxygen atoms in total. The Bertz CT molecular complexity index is 174. The number of likely N-dealkylation sites (tertiary alicyclic amines) is 2. The van der Waals surface area contributed by atoms with Crippen molar-refractivity contribution < 1.29 is 0 Å². The summed E-state index contributed by atoms with van der Waals surface area (Å²) in [5, 5.41) is 0. The highest BCUT2D eigenvalue weighted by Gasteiger charge is 2.17. The lowest BCUT2D eigenvalue weighted by Gasteiger charge is -2.18. The molecule has 2 heterocycles. The normalized spacial score (nSPS) is 27.2. The second kappa shape index (κ2) is 7.29. The Morgan fingerprint density at radius 2 is 1.69 bits per heavy atom. The second-order valence-corrected chi connectivity index (χ2v) is 5.52. The highest BCUT2D eigenvalue weighted by atomic mass is 15.2. The fourth-order valence-electron chi connectivity index (χ4n) is 2.75. The van der Waals surface area contributed by atoms with Gasteiger partial charge in [0.1, 0.15) is 0 Å². The third-order valence-corrected chi connectivity index (χ3v) is 4.01. The molecule has 0 saturated carbocycles. The number of hydrogen-bond donors (Lipinski definition) is 0. The van der Waals surface area contributed by atoms with Gasteiger partial charge in [0, 0.05) is 12.1 Å². The average molecular weight is 226 g/mol. The van der Waals surface area contributed by atoms with Crippen LogP contribution in [0.1, 0.15) is 52.9 Å². The van der Waals surface area contributed by atoms with Gasteiger partial charge in [-0.15, -0.1) is 0 Å². The molecule has 0 aromatic rings. The van der Waals surface area contributed by atoms with Gasteiger partial charge < -0.3 is 9.80 Å². The lowest BCUT2D eigenvalue weighted by atomic mass is 10.2. The van der Waals surface area contributed by atoms with Crippen molar-refractivity contribution in [2.45, 2.75) is 65.0 Å². The van der Waals surface area contributed by atoms with Gasteiger partial charge in [0.25, 0.3) is 0 Å². The van der Waals surface area contributed by atoms with Crippen molar-refractivity contribution in [2.75, 3.05) is 26.7 Å². The van der Waals surface area contributed by atoms with Gasteiger partial charge in [-0.2, -0.15) is 0 Å². The Morgan fingerprint density at radius 1 is 1.06 bits per heavy atom. The SMILES string of the molecule is CC(C)N1CCCC1.CCC1CCCN1C. The van der Waals surface area contributed by atoms with E-state index in [4.69, 9.17) is 0 Å². The van der Waals surface area contributed by atoms with Crippen molar-refractivity contribution in [2.24, 2.45) is 0 Å². The van der Waals surface area contributed by atoms with Crippen LogP contribution >= 0.6 is 0 Å².